The quantitative estimate of drug-likeness (QED) is 0.643. The third-order valence-corrected chi connectivity index (χ3v) is 3.95. The van der Waals surface area contributed by atoms with E-state index in [1.165, 1.54) is 11.1 Å². The molecule has 0 unspecified atom stereocenters. The Labute approximate surface area is 148 Å². The van der Waals surface area contributed by atoms with E-state index in [9.17, 15) is 0 Å². The highest BCUT2D eigenvalue weighted by atomic mass is 16.5. The Morgan fingerprint density at radius 2 is 1.88 bits per heavy atom. The lowest BCUT2D eigenvalue weighted by atomic mass is 10.1. The first-order valence-corrected chi connectivity index (χ1v) is 8.51. The van der Waals surface area contributed by atoms with Crippen LogP contribution in [-0.2, 0) is 17.8 Å². The van der Waals surface area contributed by atoms with Gasteiger partial charge in [0.15, 0.2) is 0 Å². The molecule has 0 saturated carbocycles. The third-order valence-electron chi connectivity index (χ3n) is 3.95. The molecule has 0 aliphatic carbocycles. The number of nitrogens with one attached hydrogen (secondary N) is 1. The first-order valence-electron chi connectivity index (χ1n) is 8.51. The maximum atomic E-state index is 5.09. The summed E-state index contributed by atoms with van der Waals surface area (Å²) in [6.45, 7) is 4.90. The van der Waals surface area contributed by atoms with Crippen molar-refractivity contribution in [2.24, 2.45) is 0 Å². The molecule has 0 bridgehead atoms. The minimum Gasteiger partial charge on any atom is -0.383 e. The Balaban J connectivity index is 1.83. The number of hydrogen-bond donors (Lipinski definition) is 1. The molecule has 0 amide bonds. The zero-order valence-electron chi connectivity index (χ0n) is 14.8. The number of aryl methyl sites for hydroxylation is 1. The fraction of sp³-hybridized carbons (Fsp3) is 0.300. The number of rotatable bonds is 8. The van der Waals surface area contributed by atoms with Crippen molar-refractivity contribution in [2.75, 3.05) is 20.3 Å². The third kappa shape index (κ3) is 4.75. The van der Waals surface area contributed by atoms with E-state index in [1.54, 1.807) is 11.9 Å². The molecular formula is C20H24N4O. The predicted molar refractivity (Wildman–Crippen MR) is 99.3 cm³/mol. The van der Waals surface area contributed by atoms with Crippen LogP contribution >= 0.6 is 0 Å². The molecule has 0 spiro atoms. The minimum atomic E-state index is 0.666. The first kappa shape index (κ1) is 17.3. The Bertz CT molecular complexity index is 798. The molecule has 0 fully saturated rings. The molecule has 130 valence electrons. The topological polar surface area (TPSA) is 52.0 Å². The van der Waals surface area contributed by atoms with Gasteiger partial charge < -0.3 is 10.1 Å². The molecule has 0 aliphatic heterocycles. The van der Waals surface area contributed by atoms with Crippen molar-refractivity contribution in [1.29, 1.82) is 0 Å². The van der Waals surface area contributed by atoms with E-state index in [-0.39, 0.29) is 0 Å². The van der Waals surface area contributed by atoms with Crippen molar-refractivity contribution in [3.8, 4) is 11.3 Å². The second kappa shape index (κ2) is 8.55. The Morgan fingerprint density at radius 3 is 2.64 bits per heavy atom. The second-order valence-electron chi connectivity index (χ2n) is 6.05. The summed E-state index contributed by atoms with van der Waals surface area (Å²) in [5, 5.41) is 12.8. The maximum absolute atomic E-state index is 5.09. The highest BCUT2D eigenvalue weighted by Gasteiger charge is 2.13. The molecule has 1 heterocycles. The van der Waals surface area contributed by atoms with Crippen LogP contribution in [-0.4, -0.2) is 35.3 Å². The highest BCUT2D eigenvalue weighted by Crippen LogP contribution is 2.20. The van der Waals surface area contributed by atoms with E-state index < -0.39 is 0 Å². The molecule has 0 aliphatic rings. The van der Waals surface area contributed by atoms with Gasteiger partial charge in [0.05, 0.1) is 13.2 Å². The fourth-order valence-electron chi connectivity index (χ4n) is 2.75. The highest BCUT2D eigenvalue weighted by molar-refractivity contribution is 5.60. The minimum absolute atomic E-state index is 0.666. The summed E-state index contributed by atoms with van der Waals surface area (Å²) in [6, 6.07) is 18.6. The molecule has 3 aromatic rings. The lowest BCUT2D eigenvalue weighted by Crippen LogP contribution is -2.19. The Hall–Kier alpha value is -2.50. The summed E-state index contributed by atoms with van der Waals surface area (Å²) in [7, 11) is 1.70. The van der Waals surface area contributed by atoms with Gasteiger partial charge in [-0.2, -0.15) is 15.0 Å². The van der Waals surface area contributed by atoms with Gasteiger partial charge in [0.25, 0.3) is 0 Å². The Morgan fingerprint density at radius 1 is 1.04 bits per heavy atom. The van der Waals surface area contributed by atoms with Crippen molar-refractivity contribution in [3.05, 3.63) is 71.4 Å². The van der Waals surface area contributed by atoms with Crippen LogP contribution in [0, 0.1) is 6.92 Å². The maximum Gasteiger partial charge on any atom is 0.117 e. The van der Waals surface area contributed by atoms with Crippen molar-refractivity contribution in [1.82, 2.24) is 20.3 Å². The van der Waals surface area contributed by atoms with Gasteiger partial charge >= 0.3 is 0 Å². The van der Waals surface area contributed by atoms with E-state index in [0.29, 0.717) is 19.7 Å². The number of ether oxygens (including phenoxy) is 1. The standard InChI is InChI=1S/C20H24N4O/c1-16-7-6-8-17(13-16)15-24-22-19(14-21-11-12-25-2)20(23-24)18-9-4-3-5-10-18/h3-10,13,21H,11-12,14-15H2,1-2H3. The summed E-state index contributed by atoms with van der Waals surface area (Å²) in [5.41, 5.74) is 5.41. The monoisotopic (exact) mass is 336 g/mol. The number of methoxy groups -OCH3 is 1. The summed E-state index contributed by atoms with van der Waals surface area (Å²) in [6.07, 6.45) is 0. The summed E-state index contributed by atoms with van der Waals surface area (Å²) >= 11 is 0. The van der Waals surface area contributed by atoms with E-state index in [0.717, 1.165) is 23.5 Å². The molecule has 0 saturated heterocycles. The van der Waals surface area contributed by atoms with Gasteiger partial charge in [0.1, 0.15) is 11.4 Å². The smallest absolute Gasteiger partial charge is 0.117 e. The zero-order chi connectivity index (χ0) is 17.5. The summed E-state index contributed by atoms with van der Waals surface area (Å²) in [5.74, 6) is 0. The second-order valence-corrected chi connectivity index (χ2v) is 6.05. The van der Waals surface area contributed by atoms with Crippen LogP contribution in [0.4, 0.5) is 0 Å². The number of benzene rings is 2. The van der Waals surface area contributed by atoms with Gasteiger partial charge in [-0.15, -0.1) is 0 Å². The van der Waals surface area contributed by atoms with Gasteiger partial charge in [-0.25, -0.2) is 0 Å². The van der Waals surface area contributed by atoms with Crippen molar-refractivity contribution in [2.45, 2.75) is 20.0 Å². The van der Waals surface area contributed by atoms with Gasteiger partial charge in [-0.05, 0) is 12.5 Å². The lowest BCUT2D eigenvalue weighted by Gasteiger charge is -2.03. The molecule has 5 nitrogen and oxygen atoms in total. The lowest BCUT2D eigenvalue weighted by molar-refractivity contribution is 0.199. The van der Waals surface area contributed by atoms with Gasteiger partial charge in [-0.1, -0.05) is 60.2 Å². The van der Waals surface area contributed by atoms with E-state index >= 15 is 0 Å². The van der Waals surface area contributed by atoms with Gasteiger partial charge in [-0.3, -0.25) is 0 Å². The number of hydrogen-bond acceptors (Lipinski definition) is 4. The van der Waals surface area contributed by atoms with Crippen LogP contribution in [0.5, 0.6) is 0 Å². The Kier molecular flexibility index (Phi) is 5.93. The van der Waals surface area contributed by atoms with Crippen LogP contribution in [0.25, 0.3) is 11.3 Å². The van der Waals surface area contributed by atoms with Gasteiger partial charge in [0.2, 0.25) is 0 Å². The van der Waals surface area contributed by atoms with Crippen molar-refractivity contribution >= 4 is 0 Å². The SMILES string of the molecule is COCCNCc1nn(Cc2cccc(C)c2)nc1-c1ccccc1. The first-order chi connectivity index (χ1) is 12.3. The summed E-state index contributed by atoms with van der Waals surface area (Å²) < 4.78 is 5.09. The van der Waals surface area contributed by atoms with Crippen molar-refractivity contribution < 1.29 is 4.74 Å². The largest absolute Gasteiger partial charge is 0.383 e. The molecule has 5 heteroatoms. The molecule has 25 heavy (non-hydrogen) atoms. The van der Waals surface area contributed by atoms with Crippen molar-refractivity contribution in [3.63, 3.8) is 0 Å². The normalized spacial score (nSPS) is 11.0. The van der Waals surface area contributed by atoms with E-state index in [1.807, 2.05) is 18.2 Å². The van der Waals surface area contributed by atoms with E-state index in [2.05, 4.69) is 48.6 Å². The molecule has 0 atom stereocenters. The number of aromatic nitrogens is 3. The predicted octanol–water partition coefficient (Wildman–Crippen LogP) is 3.04. The zero-order valence-corrected chi connectivity index (χ0v) is 14.8. The van der Waals surface area contributed by atoms with Crippen LogP contribution in [0.1, 0.15) is 16.8 Å². The fourth-order valence-corrected chi connectivity index (χ4v) is 2.75. The van der Waals surface area contributed by atoms with Crippen LogP contribution < -0.4 is 5.32 Å². The molecule has 1 aromatic heterocycles. The van der Waals surface area contributed by atoms with E-state index in [4.69, 9.17) is 14.9 Å². The average molecular weight is 336 g/mol. The molecule has 2 aromatic carbocycles. The van der Waals surface area contributed by atoms with Crippen LogP contribution in [0.15, 0.2) is 54.6 Å². The molecule has 3 rings (SSSR count). The van der Waals surface area contributed by atoms with Gasteiger partial charge in [0, 0.05) is 25.8 Å². The average Bonchev–Trinajstić information content (AvgIpc) is 3.02. The van der Waals surface area contributed by atoms with Crippen LogP contribution in [0.3, 0.4) is 0 Å². The molecule has 1 N–H and O–H groups in total. The van der Waals surface area contributed by atoms with Crippen LogP contribution in [0.2, 0.25) is 0 Å². The molecular weight excluding hydrogens is 312 g/mol. The summed E-state index contributed by atoms with van der Waals surface area (Å²) in [4.78, 5) is 1.78. The number of nitrogens with zero attached hydrogens (tertiary/aromatic N) is 3. The molecule has 0 radical (unpaired) electrons.